The van der Waals surface area contributed by atoms with Crippen LogP contribution in [-0.4, -0.2) is 61.1 Å². The fraction of sp³-hybridized carbons (Fsp3) is 0.600. The molecule has 0 saturated carbocycles. The van der Waals surface area contributed by atoms with Crippen molar-refractivity contribution in [2.75, 3.05) is 33.3 Å². The second kappa shape index (κ2) is 8.92. The molecule has 0 bridgehead atoms. The van der Waals surface area contributed by atoms with Crippen LogP contribution in [0.15, 0.2) is 12.1 Å². The van der Waals surface area contributed by atoms with Gasteiger partial charge in [0, 0.05) is 32.2 Å². The maximum atomic E-state index is 12.8. The molecule has 6 nitrogen and oxygen atoms in total. The van der Waals surface area contributed by atoms with E-state index in [1.807, 2.05) is 44.7 Å². The lowest BCUT2D eigenvalue weighted by Gasteiger charge is -2.23. The van der Waals surface area contributed by atoms with Gasteiger partial charge in [-0.1, -0.05) is 6.07 Å². The van der Waals surface area contributed by atoms with E-state index < -0.39 is 0 Å². The molecule has 1 heterocycles. The van der Waals surface area contributed by atoms with Crippen molar-refractivity contribution in [2.45, 2.75) is 46.6 Å². The molecule has 144 valence electrons. The highest BCUT2D eigenvalue weighted by molar-refractivity contribution is 5.80. The summed E-state index contributed by atoms with van der Waals surface area (Å²) < 4.78 is 5.34. The number of carbonyl (C=O) groups is 2. The zero-order chi connectivity index (χ0) is 19.3. The van der Waals surface area contributed by atoms with Crippen LogP contribution in [0, 0.1) is 13.8 Å². The van der Waals surface area contributed by atoms with E-state index >= 15 is 0 Å². The predicted octanol–water partition coefficient (Wildman–Crippen LogP) is 2.51. The van der Waals surface area contributed by atoms with Gasteiger partial charge in [0.05, 0.1) is 13.5 Å². The van der Waals surface area contributed by atoms with Crippen LogP contribution in [0.25, 0.3) is 0 Å². The first-order valence-electron chi connectivity index (χ1n) is 9.29. The van der Waals surface area contributed by atoms with Crippen molar-refractivity contribution in [2.24, 2.45) is 0 Å². The maximum Gasteiger partial charge on any atom is 0.317 e. The van der Waals surface area contributed by atoms with Gasteiger partial charge in [-0.15, -0.1) is 0 Å². The predicted molar refractivity (Wildman–Crippen MR) is 103 cm³/mol. The topological polar surface area (TPSA) is 61.9 Å². The van der Waals surface area contributed by atoms with Gasteiger partial charge in [-0.25, -0.2) is 4.79 Å². The van der Waals surface area contributed by atoms with Crippen LogP contribution in [0.2, 0.25) is 0 Å². The molecular formula is C20H31N3O3. The van der Waals surface area contributed by atoms with Crippen molar-refractivity contribution in [3.63, 3.8) is 0 Å². The fourth-order valence-corrected chi connectivity index (χ4v) is 3.25. The van der Waals surface area contributed by atoms with Crippen molar-refractivity contribution < 1.29 is 14.3 Å². The minimum atomic E-state index is -0.0454. The Bertz CT molecular complexity index is 658. The van der Waals surface area contributed by atoms with E-state index in [1.54, 1.807) is 12.0 Å². The number of ether oxygens (including phenoxy) is 1. The minimum absolute atomic E-state index is 0.0454. The SMILES string of the molecule is COc1ccc(CC(=O)N2CCCN(C(=O)NC(C)C)CC2)c(C)c1C. The summed E-state index contributed by atoms with van der Waals surface area (Å²) in [6, 6.07) is 3.96. The Kier molecular flexibility index (Phi) is 6.89. The van der Waals surface area contributed by atoms with Crippen molar-refractivity contribution >= 4 is 11.9 Å². The molecule has 0 unspecified atom stereocenters. The number of benzene rings is 1. The molecule has 0 radical (unpaired) electrons. The van der Waals surface area contributed by atoms with Crippen molar-refractivity contribution in [3.8, 4) is 5.75 Å². The van der Waals surface area contributed by atoms with E-state index in [1.165, 1.54) is 0 Å². The monoisotopic (exact) mass is 361 g/mol. The first-order valence-corrected chi connectivity index (χ1v) is 9.29. The van der Waals surface area contributed by atoms with E-state index in [2.05, 4.69) is 5.32 Å². The zero-order valence-electron chi connectivity index (χ0n) is 16.6. The van der Waals surface area contributed by atoms with Crippen LogP contribution in [0.4, 0.5) is 4.79 Å². The van der Waals surface area contributed by atoms with Gasteiger partial charge in [0.1, 0.15) is 5.75 Å². The van der Waals surface area contributed by atoms with Gasteiger partial charge in [-0.2, -0.15) is 0 Å². The molecule has 1 aliphatic rings. The molecule has 6 heteroatoms. The maximum absolute atomic E-state index is 12.8. The summed E-state index contributed by atoms with van der Waals surface area (Å²) in [6.45, 7) is 10.5. The standard InChI is InChI=1S/C20H31N3O3/c1-14(2)21-20(25)23-10-6-9-22(11-12-23)19(24)13-17-7-8-18(26-5)16(4)15(17)3/h7-8,14H,6,9-13H2,1-5H3,(H,21,25). The van der Waals surface area contributed by atoms with E-state index in [-0.39, 0.29) is 18.0 Å². The number of rotatable bonds is 4. The molecule has 1 aliphatic heterocycles. The Morgan fingerprint density at radius 2 is 1.73 bits per heavy atom. The third-order valence-corrected chi connectivity index (χ3v) is 4.96. The van der Waals surface area contributed by atoms with Gasteiger partial charge in [0.15, 0.2) is 0 Å². The molecule has 1 fully saturated rings. The first-order chi connectivity index (χ1) is 12.3. The average Bonchev–Trinajstić information content (AvgIpc) is 2.85. The third-order valence-electron chi connectivity index (χ3n) is 4.96. The van der Waals surface area contributed by atoms with E-state index in [4.69, 9.17) is 4.74 Å². The summed E-state index contributed by atoms with van der Waals surface area (Å²) in [5, 5.41) is 2.92. The number of methoxy groups -OCH3 is 1. The van der Waals surface area contributed by atoms with E-state index in [9.17, 15) is 9.59 Å². The second-order valence-corrected chi connectivity index (χ2v) is 7.18. The van der Waals surface area contributed by atoms with Gasteiger partial charge >= 0.3 is 6.03 Å². The largest absolute Gasteiger partial charge is 0.496 e. The summed E-state index contributed by atoms with van der Waals surface area (Å²) in [6.07, 6.45) is 1.19. The number of amides is 3. The van der Waals surface area contributed by atoms with Crippen molar-refractivity contribution in [3.05, 3.63) is 28.8 Å². The van der Waals surface area contributed by atoms with Gasteiger partial charge in [-0.05, 0) is 56.9 Å². The number of hydrogen-bond donors (Lipinski definition) is 1. The number of urea groups is 1. The van der Waals surface area contributed by atoms with E-state index in [0.717, 1.165) is 28.9 Å². The van der Waals surface area contributed by atoms with Gasteiger partial charge in [0.2, 0.25) is 5.91 Å². The molecule has 1 saturated heterocycles. The van der Waals surface area contributed by atoms with Crippen LogP contribution in [0.1, 0.15) is 37.0 Å². The molecule has 1 aromatic rings. The highest BCUT2D eigenvalue weighted by atomic mass is 16.5. The molecule has 0 spiro atoms. The van der Waals surface area contributed by atoms with Gasteiger partial charge in [-0.3, -0.25) is 4.79 Å². The van der Waals surface area contributed by atoms with Crippen LogP contribution in [-0.2, 0) is 11.2 Å². The minimum Gasteiger partial charge on any atom is -0.496 e. The summed E-state index contributed by atoms with van der Waals surface area (Å²) >= 11 is 0. The van der Waals surface area contributed by atoms with Crippen LogP contribution >= 0.6 is 0 Å². The molecule has 26 heavy (non-hydrogen) atoms. The number of carbonyl (C=O) groups excluding carboxylic acids is 2. The van der Waals surface area contributed by atoms with Gasteiger partial charge in [0.25, 0.3) is 0 Å². The third kappa shape index (κ3) is 4.90. The Hall–Kier alpha value is -2.24. The number of nitrogens with one attached hydrogen (secondary N) is 1. The lowest BCUT2D eigenvalue weighted by Crippen LogP contribution is -2.45. The first kappa shape index (κ1) is 20.1. The van der Waals surface area contributed by atoms with Crippen molar-refractivity contribution in [1.82, 2.24) is 15.1 Å². The summed E-state index contributed by atoms with van der Waals surface area (Å²) in [5.74, 6) is 0.962. The molecule has 3 amide bonds. The van der Waals surface area contributed by atoms with Crippen molar-refractivity contribution in [1.29, 1.82) is 0 Å². The lowest BCUT2D eigenvalue weighted by molar-refractivity contribution is -0.130. The smallest absolute Gasteiger partial charge is 0.317 e. The van der Waals surface area contributed by atoms with Crippen LogP contribution in [0.3, 0.4) is 0 Å². The molecule has 1 N–H and O–H groups in total. The second-order valence-electron chi connectivity index (χ2n) is 7.18. The average molecular weight is 361 g/mol. The highest BCUT2D eigenvalue weighted by Crippen LogP contribution is 2.24. The molecule has 2 rings (SSSR count). The molecule has 0 aliphatic carbocycles. The molecule has 1 aromatic carbocycles. The quantitative estimate of drug-likeness (QED) is 0.896. The molecule has 0 aromatic heterocycles. The van der Waals surface area contributed by atoms with Gasteiger partial charge < -0.3 is 19.9 Å². The Morgan fingerprint density at radius 3 is 2.38 bits per heavy atom. The highest BCUT2D eigenvalue weighted by Gasteiger charge is 2.23. The van der Waals surface area contributed by atoms with Crippen LogP contribution in [0.5, 0.6) is 5.75 Å². The Morgan fingerprint density at radius 1 is 1.08 bits per heavy atom. The molecular weight excluding hydrogens is 330 g/mol. The fourth-order valence-electron chi connectivity index (χ4n) is 3.25. The summed E-state index contributed by atoms with van der Waals surface area (Å²) in [4.78, 5) is 28.6. The Balaban J connectivity index is 1.98. The Labute approximate surface area is 156 Å². The normalized spacial score (nSPS) is 15.0. The number of nitrogens with zero attached hydrogens (tertiary/aromatic N) is 2. The lowest BCUT2D eigenvalue weighted by atomic mass is 9.99. The molecule has 0 atom stereocenters. The summed E-state index contributed by atoms with van der Waals surface area (Å²) in [5.41, 5.74) is 3.21. The zero-order valence-corrected chi connectivity index (χ0v) is 16.6. The number of hydrogen-bond acceptors (Lipinski definition) is 3. The summed E-state index contributed by atoms with van der Waals surface area (Å²) in [7, 11) is 1.66. The van der Waals surface area contributed by atoms with Crippen LogP contribution < -0.4 is 10.1 Å². The van der Waals surface area contributed by atoms with E-state index in [0.29, 0.717) is 32.6 Å².